The zero-order valence-corrected chi connectivity index (χ0v) is 12.7. The van der Waals surface area contributed by atoms with Gasteiger partial charge in [-0.25, -0.2) is 0 Å². The summed E-state index contributed by atoms with van der Waals surface area (Å²) in [6.07, 6.45) is 3.32. The van der Waals surface area contributed by atoms with Gasteiger partial charge in [-0.15, -0.1) is 18.3 Å². The van der Waals surface area contributed by atoms with E-state index in [0.29, 0.717) is 17.9 Å². The van der Waals surface area contributed by atoms with Crippen LogP contribution in [0.1, 0.15) is 17.4 Å². The fraction of sp³-hybridized carbons (Fsp3) is 0.200. The van der Waals surface area contributed by atoms with Crippen molar-refractivity contribution in [3.05, 3.63) is 48.8 Å². The molecule has 21 heavy (non-hydrogen) atoms. The second kappa shape index (κ2) is 6.99. The molecule has 0 radical (unpaired) electrons. The summed E-state index contributed by atoms with van der Waals surface area (Å²) < 4.78 is 1.59. The molecule has 0 spiro atoms. The molecule has 0 saturated heterocycles. The summed E-state index contributed by atoms with van der Waals surface area (Å²) in [6, 6.07) is 7.65. The second-order valence-corrected chi connectivity index (χ2v) is 5.38. The van der Waals surface area contributed by atoms with E-state index >= 15 is 0 Å². The minimum atomic E-state index is -0.251. The Labute approximate surface area is 128 Å². The molecule has 0 aliphatic heterocycles. The van der Waals surface area contributed by atoms with Gasteiger partial charge >= 0.3 is 0 Å². The molecule has 3 N–H and O–H groups in total. The summed E-state index contributed by atoms with van der Waals surface area (Å²) in [5.74, 6) is 0.528. The molecule has 0 aliphatic rings. The topological polar surface area (TPSA) is 72.9 Å². The van der Waals surface area contributed by atoms with Crippen molar-refractivity contribution in [3.8, 4) is 0 Å². The Balaban J connectivity index is 2.23. The Kier molecular flexibility index (Phi) is 5.05. The Morgan fingerprint density at radius 3 is 3.00 bits per heavy atom. The number of nitrogens with two attached hydrogens (primary N) is 1. The number of benzene rings is 1. The number of para-hydroxylation sites is 1. The van der Waals surface area contributed by atoms with Crippen LogP contribution >= 0.6 is 11.8 Å². The van der Waals surface area contributed by atoms with Crippen molar-refractivity contribution in [1.29, 1.82) is 0 Å². The molecule has 2 aromatic rings. The summed E-state index contributed by atoms with van der Waals surface area (Å²) in [7, 11) is 0. The van der Waals surface area contributed by atoms with Gasteiger partial charge in [-0.2, -0.15) is 5.10 Å². The lowest BCUT2D eigenvalue weighted by Gasteiger charge is -2.11. The summed E-state index contributed by atoms with van der Waals surface area (Å²) in [5, 5.41) is 6.98. The highest BCUT2D eigenvalue weighted by atomic mass is 32.2. The summed E-state index contributed by atoms with van der Waals surface area (Å²) in [6.45, 7) is 6.21. The number of carbonyl (C=O) groups excluding carboxylic acids is 1. The maximum atomic E-state index is 12.4. The van der Waals surface area contributed by atoms with Gasteiger partial charge in [0.2, 0.25) is 0 Å². The number of carbonyl (C=O) groups is 1. The van der Waals surface area contributed by atoms with E-state index in [0.717, 1.165) is 16.3 Å². The standard InChI is InChI=1S/C15H18N4OS/c1-3-9-21-13-8-6-5-7-12(13)18-15(20)14-11(16)10-17-19(14)4-2/h3,5-8,10H,1,4,9,16H2,2H3,(H,18,20). The molecular weight excluding hydrogens is 284 g/mol. The van der Waals surface area contributed by atoms with E-state index in [1.807, 2.05) is 37.3 Å². The van der Waals surface area contributed by atoms with Crippen molar-refractivity contribution in [3.63, 3.8) is 0 Å². The van der Waals surface area contributed by atoms with Crippen LogP contribution in [0.15, 0.2) is 48.0 Å². The maximum Gasteiger partial charge on any atom is 0.276 e. The van der Waals surface area contributed by atoms with Gasteiger partial charge in [0, 0.05) is 17.2 Å². The molecule has 110 valence electrons. The fourth-order valence-corrected chi connectivity index (χ4v) is 2.66. The van der Waals surface area contributed by atoms with E-state index in [1.165, 1.54) is 6.20 Å². The van der Waals surface area contributed by atoms with Crippen LogP contribution < -0.4 is 11.1 Å². The third-order valence-electron chi connectivity index (χ3n) is 2.87. The molecule has 0 atom stereocenters. The van der Waals surface area contributed by atoms with E-state index < -0.39 is 0 Å². The molecule has 5 nitrogen and oxygen atoms in total. The molecule has 1 heterocycles. The van der Waals surface area contributed by atoms with Gasteiger partial charge < -0.3 is 11.1 Å². The number of thioether (sulfide) groups is 1. The lowest BCUT2D eigenvalue weighted by molar-refractivity contribution is 0.101. The van der Waals surface area contributed by atoms with E-state index in [-0.39, 0.29) is 5.91 Å². The fourth-order valence-electron chi connectivity index (χ4n) is 1.91. The smallest absolute Gasteiger partial charge is 0.276 e. The Bertz CT molecular complexity index is 651. The van der Waals surface area contributed by atoms with Gasteiger partial charge in [-0.1, -0.05) is 18.2 Å². The molecule has 1 aromatic heterocycles. The van der Waals surface area contributed by atoms with E-state index in [4.69, 9.17) is 5.73 Å². The molecule has 1 amide bonds. The van der Waals surface area contributed by atoms with Crippen molar-refractivity contribution in [1.82, 2.24) is 9.78 Å². The number of aromatic nitrogens is 2. The van der Waals surface area contributed by atoms with Crippen molar-refractivity contribution in [2.24, 2.45) is 0 Å². The first-order chi connectivity index (χ1) is 10.2. The third-order valence-corrected chi connectivity index (χ3v) is 3.94. The van der Waals surface area contributed by atoms with Gasteiger partial charge in [0.1, 0.15) is 5.69 Å². The zero-order chi connectivity index (χ0) is 15.2. The molecule has 1 aromatic carbocycles. The molecule has 0 saturated carbocycles. The van der Waals surface area contributed by atoms with Gasteiger partial charge in [-0.3, -0.25) is 9.48 Å². The average Bonchev–Trinajstić information content (AvgIpc) is 2.87. The average molecular weight is 302 g/mol. The number of hydrogen-bond acceptors (Lipinski definition) is 4. The molecule has 6 heteroatoms. The predicted octanol–water partition coefficient (Wildman–Crippen LogP) is 3.02. The number of hydrogen-bond donors (Lipinski definition) is 2. The van der Waals surface area contributed by atoms with Crippen LogP contribution in [-0.4, -0.2) is 21.4 Å². The summed E-state index contributed by atoms with van der Waals surface area (Å²) in [4.78, 5) is 13.4. The van der Waals surface area contributed by atoms with Crippen LogP contribution in [0.5, 0.6) is 0 Å². The number of anilines is 2. The lowest BCUT2D eigenvalue weighted by atomic mass is 10.3. The van der Waals surface area contributed by atoms with Gasteiger partial charge in [-0.05, 0) is 19.1 Å². The third kappa shape index (κ3) is 3.46. The number of nitrogen functional groups attached to an aromatic ring is 1. The molecular formula is C15H18N4OS. The predicted molar refractivity (Wildman–Crippen MR) is 87.6 cm³/mol. The largest absolute Gasteiger partial charge is 0.396 e. The Hall–Kier alpha value is -2.21. The highest BCUT2D eigenvalue weighted by Crippen LogP contribution is 2.27. The monoisotopic (exact) mass is 302 g/mol. The Morgan fingerprint density at radius 1 is 1.52 bits per heavy atom. The Morgan fingerprint density at radius 2 is 2.29 bits per heavy atom. The molecule has 0 aliphatic carbocycles. The van der Waals surface area contributed by atoms with E-state index in [1.54, 1.807) is 16.4 Å². The van der Waals surface area contributed by atoms with Crippen LogP contribution in [0.3, 0.4) is 0 Å². The van der Waals surface area contributed by atoms with Crippen molar-refractivity contribution in [2.45, 2.75) is 18.4 Å². The first-order valence-corrected chi connectivity index (χ1v) is 7.61. The molecule has 0 fully saturated rings. The number of rotatable bonds is 6. The van der Waals surface area contributed by atoms with Crippen LogP contribution in [0.2, 0.25) is 0 Å². The zero-order valence-electron chi connectivity index (χ0n) is 11.9. The normalized spacial score (nSPS) is 10.3. The van der Waals surface area contributed by atoms with Crippen LogP contribution in [0, 0.1) is 0 Å². The van der Waals surface area contributed by atoms with Crippen LogP contribution in [-0.2, 0) is 6.54 Å². The van der Waals surface area contributed by atoms with E-state index in [9.17, 15) is 4.79 Å². The van der Waals surface area contributed by atoms with Crippen LogP contribution in [0.4, 0.5) is 11.4 Å². The first-order valence-electron chi connectivity index (χ1n) is 6.62. The number of aryl methyl sites for hydroxylation is 1. The number of amides is 1. The van der Waals surface area contributed by atoms with Crippen molar-refractivity contribution < 1.29 is 4.79 Å². The highest BCUT2D eigenvalue weighted by Gasteiger charge is 2.17. The highest BCUT2D eigenvalue weighted by molar-refractivity contribution is 7.99. The van der Waals surface area contributed by atoms with Crippen molar-refractivity contribution >= 4 is 29.0 Å². The summed E-state index contributed by atoms with van der Waals surface area (Å²) >= 11 is 1.61. The molecule has 2 rings (SSSR count). The minimum Gasteiger partial charge on any atom is -0.396 e. The maximum absolute atomic E-state index is 12.4. The number of nitrogens with one attached hydrogen (secondary N) is 1. The van der Waals surface area contributed by atoms with Crippen molar-refractivity contribution in [2.75, 3.05) is 16.8 Å². The minimum absolute atomic E-state index is 0.251. The van der Waals surface area contributed by atoms with E-state index in [2.05, 4.69) is 17.0 Å². The second-order valence-electron chi connectivity index (χ2n) is 4.31. The first kappa shape index (κ1) is 15.2. The quantitative estimate of drug-likeness (QED) is 0.635. The SMILES string of the molecule is C=CCSc1ccccc1NC(=O)c1c(N)cnn1CC. The van der Waals surface area contributed by atoms with Gasteiger partial charge in [0.25, 0.3) is 5.91 Å². The molecule has 0 bridgehead atoms. The molecule has 0 unspecified atom stereocenters. The van der Waals surface area contributed by atoms with Gasteiger partial charge in [0.05, 0.1) is 17.6 Å². The summed E-state index contributed by atoms with van der Waals surface area (Å²) in [5.41, 5.74) is 7.36. The van der Waals surface area contributed by atoms with Gasteiger partial charge in [0.15, 0.2) is 0 Å². The lowest BCUT2D eigenvalue weighted by Crippen LogP contribution is -2.19. The van der Waals surface area contributed by atoms with Crippen LogP contribution in [0.25, 0.3) is 0 Å². The number of nitrogens with zero attached hydrogens (tertiary/aromatic N) is 2.